The lowest BCUT2D eigenvalue weighted by Crippen LogP contribution is -2.18. The minimum atomic E-state index is -0.236. The van der Waals surface area contributed by atoms with E-state index in [1.54, 1.807) is 36.4 Å². The predicted molar refractivity (Wildman–Crippen MR) is 109 cm³/mol. The number of hydrogen-bond donors (Lipinski definition) is 2. The number of anilines is 1. The number of rotatable bonds is 5. The number of aromatic amines is 1. The second-order valence-electron chi connectivity index (χ2n) is 6.89. The number of nitrogens with one attached hydrogen (secondary N) is 2. The first-order chi connectivity index (χ1) is 14.0. The molecule has 2 heterocycles. The minimum absolute atomic E-state index is 0.0691. The van der Waals surface area contributed by atoms with Crippen LogP contribution in [0, 0.1) is 0 Å². The third-order valence-corrected chi connectivity index (χ3v) is 4.76. The van der Waals surface area contributed by atoms with Gasteiger partial charge >= 0.3 is 0 Å². The summed E-state index contributed by atoms with van der Waals surface area (Å²) in [5, 5.41) is 3.58. The van der Waals surface area contributed by atoms with Crippen molar-refractivity contribution in [2.45, 2.75) is 19.8 Å². The summed E-state index contributed by atoms with van der Waals surface area (Å²) >= 11 is 0. The van der Waals surface area contributed by atoms with E-state index in [0.29, 0.717) is 47.0 Å². The summed E-state index contributed by atoms with van der Waals surface area (Å²) in [5.74, 6) is 0.955. The lowest BCUT2D eigenvalue weighted by molar-refractivity contribution is -0.116. The van der Waals surface area contributed by atoms with Gasteiger partial charge in [0.05, 0.1) is 5.52 Å². The van der Waals surface area contributed by atoms with Crippen LogP contribution in [0.25, 0.3) is 10.9 Å². The van der Waals surface area contributed by atoms with Crippen LogP contribution < -0.4 is 20.3 Å². The molecule has 29 heavy (non-hydrogen) atoms. The molecule has 1 amide bonds. The number of Topliss-reactive ketones (excluding diaryl/α,β-unsaturated/α-hetero) is 1. The molecular weight excluding hydrogens is 372 g/mol. The monoisotopic (exact) mass is 392 g/mol. The summed E-state index contributed by atoms with van der Waals surface area (Å²) in [5.41, 5.74) is 2.03. The second kappa shape index (κ2) is 7.79. The molecule has 7 heteroatoms. The zero-order valence-corrected chi connectivity index (χ0v) is 15.9. The van der Waals surface area contributed by atoms with Gasteiger partial charge in [0.1, 0.15) is 13.2 Å². The first kappa shape index (κ1) is 18.7. The van der Waals surface area contributed by atoms with Gasteiger partial charge in [-0.15, -0.1) is 0 Å². The highest BCUT2D eigenvalue weighted by Gasteiger charge is 2.14. The molecule has 4 rings (SSSR count). The van der Waals surface area contributed by atoms with Crippen LogP contribution in [0.5, 0.6) is 11.5 Å². The molecule has 0 aliphatic carbocycles. The number of ketones is 1. The van der Waals surface area contributed by atoms with Crippen molar-refractivity contribution in [2.24, 2.45) is 0 Å². The molecule has 2 N–H and O–H groups in total. The van der Waals surface area contributed by atoms with Crippen molar-refractivity contribution in [1.29, 1.82) is 0 Å². The summed E-state index contributed by atoms with van der Waals surface area (Å²) in [6, 6.07) is 12.1. The summed E-state index contributed by atoms with van der Waals surface area (Å²) in [6.45, 7) is 2.44. The number of fused-ring (bicyclic) bond motifs is 2. The van der Waals surface area contributed by atoms with Gasteiger partial charge in [-0.05, 0) is 37.6 Å². The van der Waals surface area contributed by atoms with Gasteiger partial charge in [-0.2, -0.15) is 0 Å². The van der Waals surface area contributed by atoms with Crippen LogP contribution in [-0.4, -0.2) is 29.9 Å². The number of benzene rings is 2. The van der Waals surface area contributed by atoms with E-state index in [-0.39, 0.29) is 30.1 Å². The van der Waals surface area contributed by atoms with Gasteiger partial charge in [-0.3, -0.25) is 14.4 Å². The minimum Gasteiger partial charge on any atom is -0.486 e. The summed E-state index contributed by atoms with van der Waals surface area (Å²) in [6.07, 6.45) is 0.432. The number of carbonyl (C=O) groups excluding carboxylic acids is 2. The molecule has 1 aromatic heterocycles. The van der Waals surface area contributed by atoms with Crippen LogP contribution in [0.15, 0.2) is 47.3 Å². The summed E-state index contributed by atoms with van der Waals surface area (Å²) in [4.78, 5) is 39.0. The largest absolute Gasteiger partial charge is 0.486 e. The molecule has 2 aromatic carbocycles. The van der Waals surface area contributed by atoms with Crippen molar-refractivity contribution in [2.75, 3.05) is 18.5 Å². The molecule has 1 aliphatic rings. The Balaban J connectivity index is 1.48. The Morgan fingerprint density at radius 2 is 1.83 bits per heavy atom. The fourth-order valence-electron chi connectivity index (χ4n) is 3.26. The molecule has 0 fully saturated rings. The number of pyridine rings is 1. The SMILES string of the molecule is CC(=O)c1cccc(NC(=O)CCc2cc3cc4c(cc3[nH]c2=O)OCCO4)c1. The Bertz CT molecular complexity index is 1170. The third kappa shape index (κ3) is 4.13. The molecule has 7 nitrogen and oxygen atoms in total. The maximum atomic E-state index is 12.4. The van der Waals surface area contributed by atoms with Crippen molar-refractivity contribution in [1.82, 2.24) is 4.98 Å². The lowest BCUT2D eigenvalue weighted by Gasteiger charge is -2.18. The first-order valence-corrected chi connectivity index (χ1v) is 9.36. The van der Waals surface area contributed by atoms with Crippen LogP contribution in [0.3, 0.4) is 0 Å². The molecule has 0 atom stereocenters. The zero-order valence-electron chi connectivity index (χ0n) is 15.9. The van der Waals surface area contributed by atoms with Gasteiger partial charge in [0.25, 0.3) is 5.56 Å². The maximum Gasteiger partial charge on any atom is 0.251 e. The fourth-order valence-corrected chi connectivity index (χ4v) is 3.26. The van der Waals surface area contributed by atoms with Crippen molar-refractivity contribution < 1.29 is 19.1 Å². The Morgan fingerprint density at radius 3 is 2.59 bits per heavy atom. The van der Waals surface area contributed by atoms with E-state index in [1.807, 2.05) is 6.07 Å². The van der Waals surface area contributed by atoms with E-state index in [9.17, 15) is 14.4 Å². The molecule has 3 aromatic rings. The normalized spacial score (nSPS) is 12.6. The molecule has 0 saturated heterocycles. The molecular formula is C22H20N2O5. The van der Waals surface area contributed by atoms with Gasteiger partial charge in [-0.25, -0.2) is 0 Å². The van der Waals surface area contributed by atoms with Crippen LogP contribution >= 0.6 is 0 Å². The zero-order chi connectivity index (χ0) is 20.4. The van der Waals surface area contributed by atoms with Crippen molar-refractivity contribution in [3.05, 3.63) is 63.9 Å². The smallest absolute Gasteiger partial charge is 0.251 e. The maximum absolute atomic E-state index is 12.4. The van der Waals surface area contributed by atoms with E-state index in [2.05, 4.69) is 10.3 Å². The number of carbonyl (C=O) groups is 2. The molecule has 0 spiro atoms. The Kier molecular flexibility index (Phi) is 5.03. The lowest BCUT2D eigenvalue weighted by atomic mass is 10.1. The quantitative estimate of drug-likeness (QED) is 0.651. The fraction of sp³-hybridized carbons (Fsp3) is 0.227. The third-order valence-electron chi connectivity index (χ3n) is 4.76. The molecule has 0 unspecified atom stereocenters. The van der Waals surface area contributed by atoms with Crippen LogP contribution in [0.1, 0.15) is 29.3 Å². The summed E-state index contributed by atoms with van der Waals surface area (Å²) in [7, 11) is 0. The van der Waals surface area contributed by atoms with Gasteiger partial charge in [-0.1, -0.05) is 12.1 Å². The number of H-pyrrole nitrogens is 1. The number of ether oxygens (including phenoxy) is 2. The standard InChI is InChI=1S/C22H20N2O5/c1-13(25)14-3-2-4-17(10-14)23-21(26)6-5-15-9-16-11-19-20(29-8-7-28-19)12-18(16)24-22(15)27/h2-4,9-12H,5-8H2,1H3,(H,23,26)(H,24,27). The number of amides is 1. The number of aromatic nitrogens is 1. The number of aryl methyl sites for hydroxylation is 1. The summed E-state index contributed by atoms with van der Waals surface area (Å²) < 4.78 is 11.1. The molecule has 0 bridgehead atoms. The van der Waals surface area contributed by atoms with E-state index >= 15 is 0 Å². The second-order valence-corrected chi connectivity index (χ2v) is 6.89. The van der Waals surface area contributed by atoms with E-state index < -0.39 is 0 Å². The number of hydrogen-bond acceptors (Lipinski definition) is 5. The highest BCUT2D eigenvalue weighted by Crippen LogP contribution is 2.33. The highest BCUT2D eigenvalue weighted by molar-refractivity contribution is 5.97. The van der Waals surface area contributed by atoms with Crippen LogP contribution in [-0.2, 0) is 11.2 Å². The molecule has 1 aliphatic heterocycles. The van der Waals surface area contributed by atoms with Crippen molar-refractivity contribution in [3.8, 4) is 11.5 Å². The van der Waals surface area contributed by atoms with Gasteiger partial charge in [0.2, 0.25) is 5.91 Å². The molecule has 0 saturated carbocycles. The van der Waals surface area contributed by atoms with Crippen LogP contribution in [0.2, 0.25) is 0 Å². The molecule has 148 valence electrons. The van der Waals surface area contributed by atoms with Crippen molar-refractivity contribution in [3.63, 3.8) is 0 Å². The van der Waals surface area contributed by atoms with Crippen LogP contribution in [0.4, 0.5) is 5.69 Å². The Morgan fingerprint density at radius 1 is 1.07 bits per heavy atom. The first-order valence-electron chi connectivity index (χ1n) is 9.36. The highest BCUT2D eigenvalue weighted by atomic mass is 16.6. The van der Waals surface area contributed by atoms with Gasteiger partial charge < -0.3 is 19.8 Å². The Hall–Kier alpha value is -3.61. The average Bonchev–Trinajstić information content (AvgIpc) is 2.71. The van der Waals surface area contributed by atoms with Crippen molar-refractivity contribution >= 4 is 28.3 Å². The van der Waals surface area contributed by atoms with E-state index in [4.69, 9.17) is 9.47 Å². The predicted octanol–water partition coefficient (Wildman–Crippen LogP) is 3.07. The van der Waals surface area contributed by atoms with E-state index in [0.717, 1.165) is 5.39 Å². The molecule has 0 radical (unpaired) electrons. The van der Waals surface area contributed by atoms with Gasteiger partial charge in [0.15, 0.2) is 17.3 Å². The van der Waals surface area contributed by atoms with Gasteiger partial charge in [0, 0.05) is 34.7 Å². The topological polar surface area (TPSA) is 97.5 Å². The Labute approximate surface area is 166 Å². The van der Waals surface area contributed by atoms with E-state index in [1.165, 1.54) is 6.92 Å². The average molecular weight is 392 g/mol.